The number of carbonyl (C=O) groups is 3. The highest BCUT2D eigenvalue weighted by Crippen LogP contribution is 2.01. The zero-order valence-electron chi connectivity index (χ0n) is 37.9. The van der Waals surface area contributed by atoms with E-state index in [1.165, 1.54) is 32.7 Å². The molecule has 0 fully saturated rings. The number of carbonyl (C=O) groups excluding carboxylic acids is 3. The molecule has 62 heavy (non-hydrogen) atoms. The van der Waals surface area contributed by atoms with Crippen molar-refractivity contribution in [3.8, 4) is 0 Å². The van der Waals surface area contributed by atoms with Gasteiger partial charge in [-0.2, -0.15) is 0 Å². The van der Waals surface area contributed by atoms with Gasteiger partial charge in [-0.05, 0) is 6.92 Å². The van der Waals surface area contributed by atoms with Gasteiger partial charge in [-0.25, -0.2) is 0 Å². The molecular weight excluding hydrogens is 709 g/mol. The summed E-state index contributed by atoms with van der Waals surface area (Å²) in [4.78, 5) is 31.2. The average molecular weight is 734 g/mol. The summed E-state index contributed by atoms with van der Waals surface area (Å²) in [6.45, 7) is 7.13. The Morgan fingerprint density at radius 1 is 0.435 bits per heavy atom. The standard InChI is InChI=1S/2C4H9NO.C3H7NO.B16.B15.B14/c1-4(6)5(2)3;1-3-5-4(2)6;1-3(5)4-2;1-10(2)14(9)16(13(7)8)15(11(3)4)12(5)6;1-9-13(8)15(12(6)7)14(10(2)3)11(4)5;1-9(2)13(10(3)4)14(11(5)6)12(7)8/h1-3H3;3H2,1-2H3,(H,5,6);1-2H3,(H,4,5);;;. The van der Waals surface area contributed by atoms with Gasteiger partial charge >= 0.3 is 0 Å². The molecule has 0 aliphatic rings. The first kappa shape index (κ1) is 74.9. The van der Waals surface area contributed by atoms with Crippen LogP contribution in [0.1, 0.15) is 27.7 Å². The fraction of sp³-hybridized carbons (Fsp3) is 0.727. The van der Waals surface area contributed by atoms with E-state index in [1.54, 1.807) is 21.1 Å². The van der Waals surface area contributed by atoms with Gasteiger partial charge < -0.3 is 15.5 Å². The molecule has 0 atom stereocenters. The number of nitrogens with zero attached hydrogens (tertiary/aromatic N) is 1. The van der Waals surface area contributed by atoms with E-state index in [4.69, 9.17) is 193 Å². The lowest BCUT2D eigenvalue weighted by molar-refractivity contribution is -0.126. The van der Waals surface area contributed by atoms with E-state index in [0.29, 0.717) is 0 Å². The Hall–Kier alpha value is 1.33. The lowest BCUT2D eigenvalue weighted by atomic mass is 8.44. The van der Waals surface area contributed by atoms with Crippen LogP contribution in [-0.2, 0) is 14.4 Å². The molecule has 0 aromatic carbocycles. The van der Waals surface area contributed by atoms with Crippen molar-refractivity contribution in [3.05, 3.63) is 0 Å². The quantitative estimate of drug-likeness (QED) is 0.138. The monoisotopic (exact) mass is 743 g/mol. The Balaban J connectivity index is -0.000000160. The zero-order chi connectivity index (χ0) is 51.1. The van der Waals surface area contributed by atoms with E-state index in [9.17, 15) is 14.4 Å². The van der Waals surface area contributed by atoms with Crippen molar-refractivity contribution in [1.82, 2.24) is 15.5 Å². The highest BCUT2D eigenvalue weighted by Gasteiger charge is 2.39. The lowest BCUT2D eigenvalue weighted by Gasteiger charge is -2.37. The Bertz CT molecular complexity index is 1030. The highest BCUT2D eigenvalue weighted by molar-refractivity contribution is 8.15. The van der Waals surface area contributed by atoms with Crippen molar-refractivity contribution >= 4 is 340 Å². The van der Waals surface area contributed by atoms with Gasteiger partial charge in [0, 0.05) is 370 Å². The molecule has 0 unspecified atom stereocenters. The minimum Gasteiger partial charge on any atom is -0.359 e. The van der Waals surface area contributed by atoms with Crippen LogP contribution >= 0.6 is 0 Å². The van der Waals surface area contributed by atoms with Crippen LogP contribution in [0.5, 0.6) is 0 Å². The van der Waals surface area contributed by atoms with Gasteiger partial charge in [0.05, 0.1) is 0 Å². The molecule has 0 aromatic heterocycles. The van der Waals surface area contributed by atoms with Gasteiger partial charge in [-0.3, -0.25) is 14.4 Å². The van der Waals surface area contributed by atoms with Crippen LogP contribution in [0, 0.1) is 0 Å². The maximum absolute atomic E-state index is 10.1. The second-order valence-electron chi connectivity index (χ2n) is 14.5. The van der Waals surface area contributed by atoms with E-state index in [-0.39, 0.29) is 17.7 Å². The molecule has 0 rings (SSSR count). The van der Waals surface area contributed by atoms with Crippen LogP contribution in [0.2, 0.25) is 0 Å². The molecule has 0 bridgehead atoms. The van der Waals surface area contributed by atoms with E-state index in [1.807, 2.05) is 6.92 Å². The second-order valence-corrected chi connectivity index (χ2v) is 14.5. The van der Waals surface area contributed by atoms with Gasteiger partial charge in [-0.1, -0.05) is 0 Å². The van der Waals surface area contributed by atoms with Crippen LogP contribution in [0.15, 0.2) is 0 Å². The Kier molecular flexibility index (Phi) is 51.2. The van der Waals surface area contributed by atoms with Gasteiger partial charge in [0.25, 0.3) is 0 Å². The van der Waals surface area contributed by atoms with Gasteiger partial charge in [0.2, 0.25) is 17.7 Å². The molecule has 237 valence electrons. The van der Waals surface area contributed by atoms with Crippen molar-refractivity contribution in [3.63, 3.8) is 0 Å². The second kappa shape index (κ2) is 42.4. The molecule has 2 N–H and O–H groups in total. The molecule has 3 amide bonds. The first-order valence-electron chi connectivity index (χ1n) is 19.3. The third-order valence-electron chi connectivity index (χ3n) is 8.74. The fourth-order valence-corrected chi connectivity index (χ4v) is 5.25. The number of nitrogens with one attached hydrogen (secondary N) is 2. The highest BCUT2D eigenvalue weighted by atomic mass is 16.2. The summed E-state index contributed by atoms with van der Waals surface area (Å²) in [6.07, 6.45) is -12.9. The van der Waals surface area contributed by atoms with Crippen molar-refractivity contribution in [2.45, 2.75) is 27.7 Å². The SMILES string of the molecule is CC(=O)N(C)C.CCNC(C)=O.CNC(C)=O.[B]B([B])B(B([B])[B])B(B([B])[B])B([B])[B].[B]B([B])B([B])B(B([B])[B])B(B([B])[B])B([B])[B].[B][B]B([B])B(B([B])[B])B(B([B])[B])B([B])[B]. The third kappa shape index (κ3) is 38.3. The van der Waals surface area contributed by atoms with E-state index >= 15 is 0 Å². The molecule has 51 heteroatoms. The summed E-state index contributed by atoms with van der Waals surface area (Å²) < 4.78 is 0. The van der Waals surface area contributed by atoms with Crippen molar-refractivity contribution < 1.29 is 14.4 Å². The van der Waals surface area contributed by atoms with Gasteiger partial charge in [0.15, 0.2) is 0 Å². The van der Waals surface area contributed by atoms with Crippen LogP contribution < -0.4 is 10.6 Å². The van der Waals surface area contributed by atoms with Gasteiger partial charge in [0.1, 0.15) is 0 Å². The van der Waals surface area contributed by atoms with Crippen LogP contribution in [0.3, 0.4) is 0 Å². The van der Waals surface area contributed by atoms with Crippen LogP contribution in [0.4, 0.5) is 0 Å². The molecule has 0 saturated heterocycles. The minimum absolute atomic E-state index is 0.00463. The molecule has 0 aromatic rings. The van der Waals surface area contributed by atoms with E-state index < -0.39 is 121 Å². The fourth-order valence-electron chi connectivity index (χ4n) is 5.25. The smallest absolute Gasteiger partial charge is 0.218 e. The van der Waals surface area contributed by atoms with Crippen molar-refractivity contribution in [2.24, 2.45) is 0 Å². The summed E-state index contributed by atoms with van der Waals surface area (Å²) in [5.41, 5.74) is 0. The maximum atomic E-state index is 10.1. The lowest BCUT2D eigenvalue weighted by Crippen LogP contribution is -2.75. The molecule has 0 spiro atoms. The summed E-state index contributed by atoms with van der Waals surface area (Å²) in [5.74, 6) is 0.137. The predicted molar refractivity (Wildman–Crippen MR) is 327 cm³/mol. The third-order valence-corrected chi connectivity index (χ3v) is 8.74. The topological polar surface area (TPSA) is 78.5 Å². The number of hydrogen-bond donors (Lipinski definition) is 2. The molecule has 0 heterocycles. The summed E-state index contributed by atoms with van der Waals surface area (Å²) in [7, 11) is 145. The van der Waals surface area contributed by atoms with Crippen LogP contribution in [0.25, 0.3) is 0 Å². The number of amides is 3. The number of rotatable bonds is 18. The Morgan fingerprint density at radius 2 is 0.645 bits per heavy atom. The largest absolute Gasteiger partial charge is 0.359 e. The first-order chi connectivity index (χ1) is 28.0. The summed E-state index contributed by atoms with van der Waals surface area (Å²) >= 11 is 0. The molecule has 0 aliphatic carbocycles. The molecule has 51 radical (unpaired) electrons. The Morgan fingerprint density at radius 3 is 0.758 bits per heavy atom. The first-order valence-corrected chi connectivity index (χ1v) is 19.3. The summed E-state index contributed by atoms with van der Waals surface area (Å²) in [5, 5.41) is 4.96. The Labute approximate surface area is 421 Å². The van der Waals surface area contributed by atoms with Crippen molar-refractivity contribution in [2.75, 3.05) is 27.7 Å². The molecule has 0 saturated carbocycles. The predicted octanol–water partition coefficient (Wildman–Crippen LogP) is -17.1. The van der Waals surface area contributed by atoms with Crippen molar-refractivity contribution in [1.29, 1.82) is 0 Å². The average Bonchev–Trinajstić information content (AvgIpc) is 3.10. The van der Waals surface area contributed by atoms with E-state index in [2.05, 4.69) is 10.6 Å². The number of hydrogen-bond acceptors (Lipinski definition) is 3. The maximum Gasteiger partial charge on any atom is 0.218 e. The van der Waals surface area contributed by atoms with Gasteiger partial charge in [-0.15, -0.1) is 0 Å². The molecule has 0 aliphatic heterocycles. The normalized spacial score (nSPS) is 8.50. The van der Waals surface area contributed by atoms with E-state index in [0.717, 1.165) is 6.54 Å². The summed E-state index contributed by atoms with van der Waals surface area (Å²) in [6, 6.07) is 0. The van der Waals surface area contributed by atoms with Crippen LogP contribution in [-0.4, -0.2) is 372 Å². The zero-order valence-corrected chi connectivity index (χ0v) is 37.9. The molecule has 6 nitrogen and oxygen atoms in total. The minimum atomic E-state index is -0.807. The molecular formula is C11H25B45N3O3.